The molecule has 0 saturated carbocycles. The van der Waals surface area contributed by atoms with Crippen molar-refractivity contribution in [1.82, 2.24) is 15.1 Å². The molecule has 2 rings (SSSR count). The molecule has 1 N–H and O–H groups in total. The Morgan fingerprint density at radius 3 is 2.31 bits per heavy atom. The second-order valence-corrected chi connectivity index (χ2v) is 5.73. The van der Waals surface area contributed by atoms with E-state index in [2.05, 4.69) is 15.2 Å². The number of nitrogens with zero attached hydrogens (tertiary/aromatic N) is 2. The van der Waals surface area contributed by atoms with Gasteiger partial charge in [-0.05, 0) is 31.5 Å². The van der Waals surface area contributed by atoms with E-state index in [1.165, 1.54) is 28.9 Å². The first kappa shape index (κ1) is 19.5. The van der Waals surface area contributed by atoms with Gasteiger partial charge in [0.2, 0.25) is 0 Å². The smallest absolute Gasteiger partial charge is 0.422 e. The van der Waals surface area contributed by atoms with E-state index in [-0.39, 0.29) is 17.9 Å². The molecule has 2 aromatic rings. The summed E-state index contributed by atoms with van der Waals surface area (Å²) in [5.74, 6) is -1.39. The number of ketones is 1. The van der Waals surface area contributed by atoms with Crippen LogP contribution in [-0.4, -0.2) is 34.3 Å². The van der Waals surface area contributed by atoms with Gasteiger partial charge >= 0.3 is 6.18 Å². The van der Waals surface area contributed by atoms with Crippen LogP contribution in [0.4, 0.5) is 13.2 Å². The highest BCUT2D eigenvalue weighted by Gasteiger charge is 2.28. The number of Topliss-reactive ketones (excluding diaryl/α,β-unsaturated/α-hetero) is 1. The molecular formula is C17H18F3N3O3. The predicted octanol–water partition coefficient (Wildman–Crippen LogP) is 2.48. The number of hydrogen-bond acceptors (Lipinski definition) is 4. The van der Waals surface area contributed by atoms with Crippen LogP contribution in [0.2, 0.25) is 0 Å². The fraction of sp³-hybridized carbons (Fsp3) is 0.353. The summed E-state index contributed by atoms with van der Waals surface area (Å²) in [6, 6.07) is 5.75. The van der Waals surface area contributed by atoms with Crippen LogP contribution in [0.3, 0.4) is 0 Å². The average Bonchev–Trinajstić information content (AvgIpc) is 2.82. The molecule has 0 bridgehead atoms. The lowest BCUT2D eigenvalue weighted by Gasteiger charge is -2.10. The van der Waals surface area contributed by atoms with Crippen LogP contribution in [0.15, 0.2) is 24.3 Å². The van der Waals surface area contributed by atoms with Crippen LogP contribution in [0.25, 0.3) is 0 Å². The number of ether oxygens (including phenoxy) is 1. The molecule has 1 aromatic heterocycles. The minimum atomic E-state index is -4.41. The summed E-state index contributed by atoms with van der Waals surface area (Å²) in [7, 11) is 1.68. The maximum Gasteiger partial charge on any atom is 0.422 e. The van der Waals surface area contributed by atoms with E-state index in [4.69, 9.17) is 0 Å². The van der Waals surface area contributed by atoms with Crippen LogP contribution >= 0.6 is 0 Å². The van der Waals surface area contributed by atoms with Crippen molar-refractivity contribution in [2.45, 2.75) is 26.6 Å². The molecule has 0 unspecified atom stereocenters. The second kappa shape index (κ2) is 7.59. The number of amides is 1. The standard InChI is InChI=1S/C17H18F3N3O3/c1-10-14(11(2)23(3)22-10)15(24)16(25)21-8-12-4-6-13(7-5-12)26-9-17(18,19)20/h4-7H,8-9H2,1-3H3,(H,21,25). The molecule has 6 nitrogen and oxygen atoms in total. The van der Waals surface area contributed by atoms with E-state index >= 15 is 0 Å². The first-order chi connectivity index (χ1) is 12.1. The van der Waals surface area contributed by atoms with Gasteiger partial charge in [0.25, 0.3) is 11.7 Å². The van der Waals surface area contributed by atoms with Crippen LogP contribution in [0, 0.1) is 13.8 Å². The molecule has 1 heterocycles. The fourth-order valence-corrected chi connectivity index (χ4v) is 2.35. The number of alkyl halides is 3. The van der Waals surface area contributed by atoms with E-state index in [1.807, 2.05) is 0 Å². The first-order valence-corrected chi connectivity index (χ1v) is 7.69. The lowest BCUT2D eigenvalue weighted by atomic mass is 10.1. The lowest BCUT2D eigenvalue weighted by molar-refractivity contribution is -0.153. The van der Waals surface area contributed by atoms with Crippen LogP contribution < -0.4 is 10.1 Å². The minimum Gasteiger partial charge on any atom is -0.484 e. The fourth-order valence-electron chi connectivity index (χ4n) is 2.35. The van der Waals surface area contributed by atoms with Gasteiger partial charge in [0.05, 0.1) is 11.3 Å². The average molecular weight is 369 g/mol. The topological polar surface area (TPSA) is 73.2 Å². The van der Waals surface area contributed by atoms with Crippen molar-refractivity contribution in [2.75, 3.05) is 6.61 Å². The third kappa shape index (κ3) is 4.84. The predicted molar refractivity (Wildman–Crippen MR) is 86.9 cm³/mol. The van der Waals surface area contributed by atoms with Crippen molar-refractivity contribution in [2.24, 2.45) is 7.05 Å². The van der Waals surface area contributed by atoms with Crippen molar-refractivity contribution in [3.05, 3.63) is 46.8 Å². The number of nitrogens with one attached hydrogen (secondary N) is 1. The lowest BCUT2D eigenvalue weighted by Crippen LogP contribution is -2.31. The highest BCUT2D eigenvalue weighted by Crippen LogP contribution is 2.19. The zero-order chi connectivity index (χ0) is 19.5. The number of rotatable bonds is 6. The molecule has 140 valence electrons. The number of aromatic nitrogens is 2. The molecule has 1 amide bonds. The van der Waals surface area contributed by atoms with Crippen molar-refractivity contribution >= 4 is 11.7 Å². The van der Waals surface area contributed by atoms with Crippen molar-refractivity contribution < 1.29 is 27.5 Å². The van der Waals surface area contributed by atoms with Crippen molar-refractivity contribution in [3.63, 3.8) is 0 Å². The first-order valence-electron chi connectivity index (χ1n) is 7.69. The Labute approximate surface area is 147 Å². The number of hydrogen-bond donors (Lipinski definition) is 1. The zero-order valence-corrected chi connectivity index (χ0v) is 14.5. The Balaban J connectivity index is 1.94. The van der Waals surface area contributed by atoms with Gasteiger partial charge in [0.1, 0.15) is 5.75 Å². The minimum absolute atomic E-state index is 0.0580. The summed E-state index contributed by atoms with van der Waals surface area (Å²) in [6.45, 7) is 2.03. The third-order valence-corrected chi connectivity index (χ3v) is 3.72. The molecule has 0 atom stereocenters. The van der Waals surface area contributed by atoms with Crippen LogP contribution in [0.1, 0.15) is 27.3 Å². The van der Waals surface area contributed by atoms with E-state index in [9.17, 15) is 22.8 Å². The summed E-state index contributed by atoms with van der Waals surface area (Å²) in [5, 5.41) is 6.59. The van der Waals surface area contributed by atoms with Crippen LogP contribution in [0.5, 0.6) is 5.75 Å². The largest absolute Gasteiger partial charge is 0.484 e. The summed E-state index contributed by atoms with van der Waals surface area (Å²) >= 11 is 0. The number of carbonyl (C=O) groups excluding carboxylic acids is 2. The molecule has 0 aliphatic heterocycles. The monoisotopic (exact) mass is 369 g/mol. The Morgan fingerprint density at radius 2 is 1.81 bits per heavy atom. The molecule has 0 saturated heterocycles. The van der Waals surface area contributed by atoms with Gasteiger partial charge in [-0.25, -0.2) is 0 Å². The van der Waals surface area contributed by atoms with Crippen molar-refractivity contribution in [1.29, 1.82) is 0 Å². The van der Waals surface area contributed by atoms with E-state index in [0.29, 0.717) is 17.0 Å². The molecule has 26 heavy (non-hydrogen) atoms. The molecule has 0 aliphatic carbocycles. The normalized spacial score (nSPS) is 11.3. The van der Waals surface area contributed by atoms with Gasteiger partial charge in [-0.1, -0.05) is 12.1 Å². The molecule has 0 aliphatic rings. The Bertz CT molecular complexity index is 811. The zero-order valence-electron chi connectivity index (χ0n) is 14.5. The maximum absolute atomic E-state index is 12.3. The molecule has 9 heteroatoms. The van der Waals surface area contributed by atoms with Crippen molar-refractivity contribution in [3.8, 4) is 5.75 Å². The van der Waals surface area contributed by atoms with Gasteiger partial charge in [-0.2, -0.15) is 18.3 Å². The Hall–Kier alpha value is -2.84. The van der Waals surface area contributed by atoms with E-state index in [1.54, 1.807) is 20.9 Å². The highest BCUT2D eigenvalue weighted by atomic mass is 19.4. The number of benzene rings is 1. The van der Waals surface area contributed by atoms with E-state index in [0.717, 1.165) is 0 Å². The highest BCUT2D eigenvalue weighted by molar-refractivity contribution is 6.43. The summed E-state index contributed by atoms with van der Waals surface area (Å²) < 4.78 is 42.4. The van der Waals surface area contributed by atoms with Gasteiger partial charge in [-0.15, -0.1) is 0 Å². The molecule has 0 fully saturated rings. The molecule has 1 aromatic carbocycles. The number of aryl methyl sites for hydroxylation is 2. The van der Waals surface area contributed by atoms with Gasteiger partial charge in [-0.3, -0.25) is 14.3 Å². The number of carbonyl (C=O) groups is 2. The SMILES string of the molecule is Cc1nn(C)c(C)c1C(=O)C(=O)NCc1ccc(OCC(F)(F)F)cc1. The van der Waals surface area contributed by atoms with E-state index < -0.39 is 24.5 Å². The maximum atomic E-state index is 12.3. The summed E-state index contributed by atoms with van der Waals surface area (Å²) in [5.41, 5.74) is 1.94. The Kier molecular flexibility index (Phi) is 5.69. The summed E-state index contributed by atoms with van der Waals surface area (Å²) in [6.07, 6.45) is -4.41. The molecule has 0 radical (unpaired) electrons. The van der Waals surface area contributed by atoms with Crippen LogP contribution in [-0.2, 0) is 18.4 Å². The summed E-state index contributed by atoms with van der Waals surface area (Å²) in [4.78, 5) is 24.3. The van der Waals surface area contributed by atoms with Gasteiger partial charge < -0.3 is 10.1 Å². The Morgan fingerprint density at radius 1 is 1.19 bits per heavy atom. The van der Waals surface area contributed by atoms with Gasteiger partial charge in [0.15, 0.2) is 6.61 Å². The number of halogens is 3. The molecule has 0 spiro atoms. The third-order valence-electron chi connectivity index (χ3n) is 3.72. The second-order valence-electron chi connectivity index (χ2n) is 5.73. The quantitative estimate of drug-likeness (QED) is 0.627. The molecular weight excluding hydrogens is 351 g/mol. The van der Waals surface area contributed by atoms with Gasteiger partial charge in [0, 0.05) is 19.3 Å².